The van der Waals surface area contributed by atoms with Crippen LogP contribution in [0.4, 0.5) is 0 Å². The third kappa shape index (κ3) is 4.82. The fourth-order valence-electron chi connectivity index (χ4n) is 3.71. The maximum atomic E-state index is 12.9. The SMILES string of the molecule is Cn1cnc(C(=O)N2CCCCC2CCn2cc(COc3ccccc3)nn2)c1. The molecular weight excluding hydrogens is 368 g/mol. The highest BCUT2D eigenvalue weighted by molar-refractivity contribution is 5.92. The number of nitrogens with zero attached hydrogens (tertiary/aromatic N) is 6. The van der Waals surface area contributed by atoms with Crippen LogP contribution in [0.2, 0.25) is 0 Å². The monoisotopic (exact) mass is 394 g/mol. The predicted octanol–water partition coefficient (Wildman–Crippen LogP) is 2.68. The van der Waals surface area contributed by atoms with E-state index in [-0.39, 0.29) is 11.9 Å². The molecule has 2 aromatic heterocycles. The van der Waals surface area contributed by atoms with Gasteiger partial charge in [0.05, 0.1) is 12.5 Å². The van der Waals surface area contributed by atoms with Crippen molar-refractivity contribution in [2.75, 3.05) is 6.54 Å². The van der Waals surface area contributed by atoms with Crippen LogP contribution < -0.4 is 4.74 Å². The molecule has 1 aromatic carbocycles. The van der Waals surface area contributed by atoms with Crippen molar-refractivity contribution in [3.05, 3.63) is 60.4 Å². The Kier molecular flexibility index (Phi) is 5.88. The van der Waals surface area contributed by atoms with Gasteiger partial charge in [-0.2, -0.15) is 0 Å². The summed E-state index contributed by atoms with van der Waals surface area (Å²) in [6.07, 6.45) is 9.41. The van der Waals surface area contributed by atoms with Crippen LogP contribution in [-0.2, 0) is 20.2 Å². The molecule has 152 valence electrons. The number of hydrogen-bond donors (Lipinski definition) is 0. The highest BCUT2D eigenvalue weighted by Gasteiger charge is 2.28. The predicted molar refractivity (Wildman–Crippen MR) is 107 cm³/mol. The number of para-hydroxylation sites is 1. The lowest BCUT2D eigenvalue weighted by Crippen LogP contribution is -2.44. The van der Waals surface area contributed by atoms with Gasteiger partial charge in [0, 0.05) is 32.4 Å². The first-order valence-electron chi connectivity index (χ1n) is 10.0. The average Bonchev–Trinajstić information content (AvgIpc) is 3.40. The first kappa shape index (κ1) is 19.2. The largest absolute Gasteiger partial charge is 0.487 e. The molecule has 0 radical (unpaired) electrons. The molecule has 1 unspecified atom stereocenters. The van der Waals surface area contributed by atoms with Gasteiger partial charge in [0.1, 0.15) is 23.7 Å². The smallest absolute Gasteiger partial charge is 0.274 e. The van der Waals surface area contributed by atoms with Gasteiger partial charge in [0.2, 0.25) is 0 Å². The molecule has 3 heterocycles. The van der Waals surface area contributed by atoms with Crippen LogP contribution in [0.15, 0.2) is 49.1 Å². The Morgan fingerprint density at radius 3 is 2.86 bits per heavy atom. The van der Waals surface area contributed by atoms with E-state index in [9.17, 15) is 4.79 Å². The van der Waals surface area contributed by atoms with E-state index in [0.29, 0.717) is 12.3 Å². The second-order valence-corrected chi connectivity index (χ2v) is 7.44. The molecule has 0 spiro atoms. The standard InChI is InChI=1S/C21H26N6O2/c1-25-14-20(22-16-25)21(28)27-11-6-5-7-18(27)10-12-26-13-17(23-24-26)15-29-19-8-3-2-4-9-19/h2-4,8-9,13-14,16,18H,5-7,10-12,15H2,1H3. The fraction of sp³-hybridized carbons (Fsp3) is 0.429. The topological polar surface area (TPSA) is 78.1 Å². The minimum absolute atomic E-state index is 0.0193. The summed E-state index contributed by atoms with van der Waals surface area (Å²) in [7, 11) is 1.88. The van der Waals surface area contributed by atoms with E-state index in [2.05, 4.69) is 15.3 Å². The molecule has 1 saturated heterocycles. The number of imidazole rings is 1. The van der Waals surface area contributed by atoms with Gasteiger partial charge in [-0.15, -0.1) is 5.10 Å². The summed E-state index contributed by atoms with van der Waals surface area (Å²) in [4.78, 5) is 19.1. The van der Waals surface area contributed by atoms with Crippen molar-refractivity contribution in [2.45, 2.75) is 44.9 Å². The average molecular weight is 394 g/mol. The fourth-order valence-corrected chi connectivity index (χ4v) is 3.71. The Bertz CT molecular complexity index is 936. The molecule has 0 aliphatic carbocycles. The number of likely N-dealkylation sites (tertiary alicyclic amines) is 1. The van der Waals surface area contributed by atoms with E-state index in [1.54, 1.807) is 17.1 Å². The minimum Gasteiger partial charge on any atom is -0.487 e. The molecule has 4 rings (SSSR count). The summed E-state index contributed by atoms with van der Waals surface area (Å²) in [5.74, 6) is 0.832. The summed E-state index contributed by atoms with van der Waals surface area (Å²) in [5, 5.41) is 8.41. The van der Waals surface area contributed by atoms with Gasteiger partial charge >= 0.3 is 0 Å². The van der Waals surface area contributed by atoms with Crippen molar-refractivity contribution < 1.29 is 9.53 Å². The van der Waals surface area contributed by atoms with Gasteiger partial charge in [-0.1, -0.05) is 23.4 Å². The molecule has 1 aliphatic heterocycles. The van der Waals surface area contributed by atoms with E-state index in [4.69, 9.17) is 4.74 Å². The second-order valence-electron chi connectivity index (χ2n) is 7.44. The van der Waals surface area contributed by atoms with E-state index >= 15 is 0 Å². The number of aryl methyl sites for hydroxylation is 2. The van der Waals surface area contributed by atoms with Crippen molar-refractivity contribution >= 4 is 5.91 Å². The normalized spacial score (nSPS) is 16.7. The van der Waals surface area contributed by atoms with Gasteiger partial charge in [-0.3, -0.25) is 9.48 Å². The van der Waals surface area contributed by atoms with Crippen molar-refractivity contribution in [1.29, 1.82) is 0 Å². The maximum Gasteiger partial charge on any atom is 0.274 e. The molecule has 0 bridgehead atoms. The first-order chi connectivity index (χ1) is 14.2. The molecule has 29 heavy (non-hydrogen) atoms. The summed E-state index contributed by atoms with van der Waals surface area (Å²) >= 11 is 0. The molecule has 1 atom stereocenters. The molecule has 1 amide bonds. The van der Waals surface area contributed by atoms with Crippen LogP contribution in [0.5, 0.6) is 5.75 Å². The zero-order chi connectivity index (χ0) is 20.1. The quantitative estimate of drug-likeness (QED) is 0.616. The van der Waals surface area contributed by atoms with Crippen LogP contribution in [0.25, 0.3) is 0 Å². The van der Waals surface area contributed by atoms with Crippen LogP contribution in [-0.4, -0.2) is 47.9 Å². The van der Waals surface area contributed by atoms with Gasteiger partial charge in [-0.05, 0) is 37.8 Å². The van der Waals surface area contributed by atoms with Gasteiger partial charge < -0.3 is 14.2 Å². The lowest BCUT2D eigenvalue weighted by Gasteiger charge is -2.35. The summed E-state index contributed by atoms with van der Waals surface area (Å²) in [6.45, 7) is 1.89. The highest BCUT2D eigenvalue weighted by atomic mass is 16.5. The third-order valence-electron chi connectivity index (χ3n) is 5.22. The van der Waals surface area contributed by atoms with Gasteiger partial charge in [0.25, 0.3) is 5.91 Å². The van der Waals surface area contributed by atoms with Crippen LogP contribution in [0.1, 0.15) is 41.9 Å². The van der Waals surface area contributed by atoms with Crippen molar-refractivity contribution in [3.8, 4) is 5.75 Å². The number of carbonyl (C=O) groups is 1. The highest BCUT2D eigenvalue weighted by Crippen LogP contribution is 2.22. The first-order valence-corrected chi connectivity index (χ1v) is 10.0. The number of benzene rings is 1. The van der Waals surface area contributed by atoms with Crippen molar-refractivity contribution in [2.24, 2.45) is 7.05 Å². The Morgan fingerprint density at radius 2 is 2.07 bits per heavy atom. The van der Waals surface area contributed by atoms with E-state index in [0.717, 1.165) is 50.2 Å². The number of aromatic nitrogens is 5. The van der Waals surface area contributed by atoms with Crippen LogP contribution in [0, 0.1) is 0 Å². The van der Waals surface area contributed by atoms with Crippen molar-refractivity contribution in [1.82, 2.24) is 29.4 Å². The van der Waals surface area contributed by atoms with Crippen LogP contribution in [0.3, 0.4) is 0 Å². The van der Waals surface area contributed by atoms with E-state index in [1.807, 2.05) is 53.2 Å². The number of hydrogen-bond acceptors (Lipinski definition) is 5. The number of piperidine rings is 1. The molecular formula is C21H26N6O2. The number of ether oxygens (including phenoxy) is 1. The summed E-state index contributed by atoms with van der Waals surface area (Å²) < 4.78 is 9.36. The molecule has 3 aromatic rings. The zero-order valence-corrected chi connectivity index (χ0v) is 16.6. The molecule has 0 saturated carbocycles. The van der Waals surface area contributed by atoms with Crippen LogP contribution >= 0.6 is 0 Å². The Labute approximate surface area is 170 Å². The molecule has 1 fully saturated rings. The summed E-state index contributed by atoms with van der Waals surface area (Å²) in [5.41, 5.74) is 1.31. The number of rotatable bonds is 7. The van der Waals surface area contributed by atoms with E-state index in [1.165, 1.54) is 0 Å². The number of carbonyl (C=O) groups excluding carboxylic acids is 1. The zero-order valence-electron chi connectivity index (χ0n) is 16.6. The second kappa shape index (κ2) is 8.89. The minimum atomic E-state index is 0.0193. The van der Waals surface area contributed by atoms with Crippen molar-refractivity contribution in [3.63, 3.8) is 0 Å². The Balaban J connectivity index is 1.32. The van der Waals surface area contributed by atoms with Gasteiger partial charge in [0.15, 0.2) is 0 Å². The third-order valence-corrected chi connectivity index (χ3v) is 5.22. The number of amides is 1. The molecule has 1 aliphatic rings. The molecule has 8 heteroatoms. The lowest BCUT2D eigenvalue weighted by molar-refractivity contribution is 0.0588. The molecule has 8 nitrogen and oxygen atoms in total. The van der Waals surface area contributed by atoms with Gasteiger partial charge in [-0.25, -0.2) is 4.98 Å². The Hall–Kier alpha value is -3.16. The maximum absolute atomic E-state index is 12.9. The summed E-state index contributed by atoms with van der Waals surface area (Å²) in [6, 6.07) is 9.87. The Morgan fingerprint density at radius 1 is 1.21 bits per heavy atom. The lowest BCUT2D eigenvalue weighted by atomic mass is 9.99. The van der Waals surface area contributed by atoms with E-state index < -0.39 is 0 Å². The molecule has 0 N–H and O–H groups in total.